The molecule has 0 saturated carbocycles. The van der Waals surface area contributed by atoms with Gasteiger partial charge in [0.15, 0.2) is 0 Å². The summed E-state index contributed by atoms with van der Waals surface area (Å²) in [6, 6.07) is 12.8. The molecule has 0 aliphatic carbocycles. The zero-order valence-electron chi connectivity index (χ0n) is 15.1. The normalized spacial score (nSPS) is 18.6. The van der Waals surface area contributed by atoms with Gasteiger partial charge in [-0.1, -0.05) is 0 Å². The molecule has 0 bridgehead atoms. The van der Waals surface area contributed by atoms with Crippen molar-refractivity contribution >= 4 is 17.7 Å². The van der Waals surface area contributed by atoms with Gasteiger partial charge in [-0.2, -0.15) is 0 Å². The van der Waals surface area contributed by atoms with Crippen LogP contribution in [0.4, 0.5) is 0 Å². The summed E-state index contributed by atoms with van der Waals surface area (Å²) < 4.78 is 46.7. The van der Waals surface area contributed by atoms with Crippen molar-refractivity contribution in [3.63, 3.8) is 0 Å². The van der Waals surface area contributed by atoms with Gasteiger partial charge in [0.1, 0.15) is 0 Å². The maximum absolute atomic E-state index is 7.73. The van der Waals surface area contributed by atoms with Crippen LogP contribution in [0, 0.1) is 0 Å². The minimum absolute atomic E-state index is 0.375. The Hall–Kier alpha value is -1.09. The summed E-state index contributed by atoms with van der Waals surface area (Å²) in [5.41, 5.74) is -3.33. The van der Waals surface area contributed by atoms with E-state index in [-0.39, 0.29) is 0 Å². The monoisotopic (exact) mass is 279 g/mol. The van der Waals surface area contributed by atoms with Gasteiger partial charge >= 0.3 is 108 Å². The molecule has 0 atom stereocenters. The Morgan fingerprint density at radius 1 is 1.06 bits per heavy atom. The molecule has 0 aliphatic rings. The van der Waals surface area contributed by atoms with E-state index in [2.05, 4.69) is 4.98 Å². The summed E-state index contributed by atoms with van der Waals surface area (Å²) in [6.45, 7) is 0. The van der Waals surface area contributed by atoms with Crippen molar-refractivity contribution in [2.45, 2.75) is 17.1 Å². The van der Waals surface area contributed by atoms with Gasteiger partial charge in [-0.25, -0.2) is 0 Å². The predicted octanol–water partition coefficient (Wildman–Crippen LogP) is 3.29. The van der Waals surface area contributed by atoms with E-state index in [4.69, 9.17) is 8.22 Å². The Morgan fingerprint density at radius 2 is 1.81 bits per heavy atom. The van der Waals surface area contributed by atoms with Crippen molar-refractivity contribution in [2.24, 2.45) is 0 Å². The molecule has 82 valence electrons. The summed E-state index contributed by atoms with van der Waals surface area (Å²) in [4.78, 5) is 4.29. The van der Waals surface area contributed by atoms with E-state index in [1.165, 1.54) is 12.0 Å². The Balaban J connectivity index is 2.48. The minimum atomic E-state index is -4.33. The number of hydrogen-bond acceptors (Lipinski definition) is 1. The Kier molecular flexibility index (Phi) is 1.66. The number of pyridine rings is 1. The van der Waals surface area contributed by atoms with Crippen LogP contribution >= 0.6 is 0 Å². The Morgan fingerprint density at radius 3 is 2.38 bits per heavy atom. The fourth-order valence-corrected chi connectivity index (χ4v) is 3.02. The molecule has 0 spiro atoms. The van der Waals surface area contributed by atoms with E-state index >= 15 is 0 Å². The molecule has 1 heterocycles. The van der Waals surface area contributed by atoms with Crippen LogP contribution in [0.2, 0.25) is 17.1 Å². The third-order valence-electron chi connectivity index (χ3n) is 2.41. The summed E-state index contributed by atoms with van der Waals surface area (Å²) in [6.07, 6.45) is 1.43. The van der Waals surface area contributed by atoms with E-state index in [1.54, 1.807) is 12.1 Å². The Bertz CT molecular complexity index is 619. The molecule has 0 aliphatic heterocycles. The zero-order chi connectivity index (χ0) is 16.6. The van der Waals surface area contributed by atoms with Crippen molar-refractivity contribution in [1.82, 2.24) is 4.98 Å². The summed E-state index contributed by atoms with van der Waals surface area (Å²) in [5.74, 6) is 1.43. The van der Waals surface area contributed by atoms with Gasteiger partial charge < -0.3 is 0 Å². The van der Waals surface area contributed by atoms with Gasteiger partial charge in [-0.3, -0.25) is 0 Å². The first-order chi connectivity index (χ1) is 10.1. The van der Waals surface area contributed by atoms with Crippen LogP contribution in [0.3, 0.4) is 0 Å². The zero-order valence-corrected chi connectivity index (χ0v) is 11.2. The van der Waals surface area contributed by atoms with Crippen LogP contribution in [0.5, 0.6) is 0 Å². The molecule has 2 rings (SSSR count). The predicted molar refractivity (Wildman–Crippen MR) is 72.7 cm³/mol. The molecular formula is C14H17GeN. The number of nitrogens with zero attached hydrogens (tertiary/aromatic N) is 1. The van der Waals surface area contributed by atoms with E-state index in [1.807, 2.05) is 30.3 Å². The number of rotatable bonds is 2. The quantitative estimate of drug-likeness (QED) is 0.768. The van der Waals surface area contributed by atoms with Crippen molar-refractivity contribution in [3.05, 3.63) is 48.7 Å². The molecule has 0 saturated heterocycles. The summed E-state index contributed by atoms with van der Waals surface area (Å²) >= 11 is -4.33. The van der Waals surface area contributed by atoms with Crippen molar-refractivity contribution in [3.8, 4) is 11.3 Å². The molecule has 2 heteroatoms. The van der Waals surface area contributed by atoms with E-state index in [0.717, 1.165) is 5.56 Å². The van der Waals surface area contributed by atoms with E-state index in [9.17, 15) is 0 Å². The third-order valence-corrected chi connectivity index (χ3v) is 5.45. The molecule has 0 amide bonds. The van der Waals surface area contributed by atoms with E-state index in [0.29, 0.717) is 10.1 Å². The van der Waals surface area contributed by atoms with Gasteiger partial charge in [0.2, 0.25) is 0 Å². The number of hydrogen-bond donors (Lipinski definition) is 0. The van der Waals surface area contributed by atoms with Gasteiger partial charge in [-0.15, -0.1) is 0 Å². The van der Waals surface area contributed by atoms with Gasteiger partial charge in [0.25, 0.3) is 0 Å². The second-order valence-electron chi connectivity index (χ2n) is 3.92. The average molecular weight is 278 g/mol. The first-order valence-corrected chi connectivity index (χ1v) is 10.3. The molecule has 0 radical (unpaired) electrons. The van der Waals surface area contributed by atoms with Crippen LogP contribution < -0.4 is 4.40 Å². The average Bonchev–Trinajstić information content (AvgIpc) is 2.45. The molecule has 1 aromatic carbocycles. The second kappa shape index (κ2) is 4.42. The topological polar surface area (TPSA) is 12.9 Å². The first-order valence-electron chi connectivity index (χ1n) is 8.09. The van der Waals surface area contributed by atoms with Crippen molar-refractivity contribution in [2.75, 3.05) is 0 Å². The summed E-state index contributed by atoms with van der Waals surface area (Å²) in [5, 5.41) is 0. The fraction of sp³-hybridized carbons (Fsp3) is 0.214. The molecule has 0 fully saturated rings. The van der Waals surface area contributed by atoms with Gasteiger partial charge in [0, 0.05) is 0 Å². The fourth-order valence-electron chi connectivity index (χ4n) is 1.47. The molecule has 1 nitrogen and oxygen atoms in total. The van der Waals surface area contributed by atoms with Crippen LogP contribution in [0.15, 0.2) is 48.7 Å². The van der Waals surface area contributed by atoms with Gasteiger partial charge in [0.05, 0.1) is 0 Å². The molecule has 2 aromatic rings. The third kappa shape index (κ3) is 2.53. The van der Waals surface area contributed by atoms with Crippen LogP contribution in [0.1, 0.15) is 8.22 Å². The van der Waals surface area contributed by atoms with E-state index < -0.39 is 24.6 Å². The first kappa shape index (κ1) is 6.01. The number of benzene rings is 1. The van der Waals surface area contributed by atoms with Crippen LogP contribution in [-0.2, 0) is 0 Å². The second-order valence-corrected chi connectivity index (χ2v) is 9.86. The van der Waals surface area contributed by atoms with Crippen LogP contribution in [0.25, 0.3) is 11.3 Å². The standard InChI is InChI=1S/C14H17GeN/c1-15(2,3)13-9-10-14(16-11-13)12-7-5-4-6-8-12/h4-11H,1-3H3/i1D3,2D3. The van der Waals surface area contributed by atoms with Crippen molar-refractivity contribution < 1.29 is 8.22 Å². The maximum atomic E-state index is 7.73. The molecule has 0 unspecified atom stereocenters. The number of aromatic nitrogens is 1. The van der Waals surface area contributed by atoms with Crippen LogP contribution in [-0.4, -0.2) is 18.3 Å². The summed E-state index contributed by atoms with van der Waals surface area (Å²) in [7, 11) is 0. The Labute approximate surface area is 108 Å². The molecule has 1 aromatic heterocycles. The molecule has 0 N–H and O–H groups in total. The van der Waals surface area contributed by atoms with Crippen molar-refractivity contribution in [1.29, 1.82) is 0 Å². The molecular weight excluding hydrogens is 255 g/mol. The van der Waals surface area contributed by atoms with Gasteiger partial charge in [-0.05, 0) is 0 Å². The molecule has 16 heavy (non-hydrogen) atoms. The SMILES string of the molecule is [2H][C]([2H])([2H])[Ge]([CH3])([c]1ccc(-c2ccccc2)nc1)[C]([2H])([2H])[2H].